The molecule has 0 saturated heterocycles. The van der Waals surface area contributed by atoms with Crippen molar-refractivity contribution < 1.29 is 49.1 Å². The highest BCUT2D eigenvalue weighted by Crippen LogP contribution is 2.40. The lowest BCUT2D eigenvalue weighted by Crippen LogP contribution is -2.50. The van der Waals surface area contributed by atoms with Crippen molar-refractivity contribution in [3.05, 3.63) is 20.2 Å². The van der Waals surface area contributed by atoms with E-state index >= 15 is 0 Å². The maximum Gasteiger partial charge on any atom is 0.307 e. The van der Waals surface area contributed by atoms with Crippen LogP contribution in [0.15, 0.2) is 0 Å². The Hall–Kier alpha value is -2.95. The molecule has 16 heteroatoms. The molecule has 4 saturated carbocycles. The van der Waals surface area contributed by atoms with Crippen LogP contribution in [0.5, 0.6) is 0 Å². The van der Waals surface area contributed by atoms with Crippen LogP contribution in [0.2, 0.25) is 0 Å². The van der Waals surface area contributed by atoms with Gasteiger partial charge < -0.3 is 30.2 Å². The lowest BCUT2D eigenvalue weighted by molar-refractivity contribution is -0.529. The Balaban J connectivity index is 1.16. The first-order chi connectivity index (χ1) is 23.2. The number of ether oxygens (including phenoxy) is 2. The highest BCUT2D eigenvalue weighted by atomic mass is 16.6. The molecule has 4 fully saturated rings. The third kappa shape index (κ3) is 10.5. The normalized spacial score (nSPS) is 34.8. The second-order valence-corrected chi connectivity index (χ2v) is 15.6. The lowest BCUT2D eigenvalue weighted by atomic mass is 9.68. The summed E-state index contributed by atoms with van der Waals surface area (Å²) in [5.74, 6) is -5.59. The van der Waals surface area contributed by atoms with E-state index in [4.69, 9.17) is 9.47 Å². The fourth-order valence-electron chi connectivity index (χ4n) is 8.58. The van der Waals surface area contributed by atoms with E-state index in [2.05, 4.69) is 24.6 Å². The van der Waals surface area contributed by atoms with Crippen LogP contribution in [0.3, 0.4) is 0 Å². The zero-order valence-corrected chi connectivity index (χ0v) is 28.6. The molecule has 0 bridgehead atoms. The molecule has 0 heterocycles. The smallest absolute Gasteiger partial charge is 0.307 e. The van der Waals surface area contributed by atoms with E-state index in [1.807, 2.05) is 0 Å². The second-order valence-electron chi connectivity index (χ2n) is 15.6. The van der Waals surface area contributed by atoms with Gasteiger partial charge in [0.25, 0.3) is 0 Å². The van der Waals surface area contributed by atoms with E-state index in [1.165, 1.54) is 0 Å². The molecule has 4 aliphatic carbocycles. The molecule has 0 aromatic rings. The number of carbonyl (C=O) groups excluding carboxylic acids is 1. The van der Waals surface area contributed by atoms with Gasteiger partial charge in [0.05, 0.1) is 43.2 Å². The van der Waals surface area contributed by atoms with E-state index in [0.29, 0.717) is 38.9 Å². The average Bonchev–Trinajstić information content (AvgIpc) is 3.07. The molecule has 7 atom stereocenters. The van der Waals surface area contributed by atoms with Gasteiger partial charge in [-0.05, 0) is 76.0 Å². The number of rotatable bonds is 15. The number of amides is 1. The molecule has 0 aromatic carbocycles. The van der Waals surface area contributed by atoms with Crippen LogP contribution in [0.25, 0.3) is 0 Å². The van der Waals surface area contributed by atoms with E-state index < -0.39 is 64.6 Å². The van der Waals surface area contributed by atoms with Crippen LogP contribution < -0.4 is 10.8 Å². The quantitative estimate of drug-likeness (QED) is 0.121. The summed E-state index contributed by atoms with van der Waals surface area (Å²) in [6, 6.07) is -2.37. The summed E-state index contributed by atoms with van der Waals surface area (Å²) in [6.45, 7) is 5.08. The first-order valence-corrected chi connectivity index (χ1v) is 17.8. The largest absolute Gasteiger partial charge is 0.481 e. The van der Waals surface area contributed by atoms with Gasteiger partial charge in [0, 0.05) is 53.0 Å². The van der Waals surface area contributed by atoms with E-state index in [-0.39, 0.29) is 73.0 Å². The van der Waals surface area contributed by atoms with Crippen LogP contribution in [0.1, 0.15) is 104 Å². The zero-order valence-electron chi connectivity index (χ0n) is 28.6. The SMILES string of the molecule is CC(C)(COC1CCC(NC(=O)C2CC([N+](=O)[O-])CCC2C(=O)O)CC1)COC1CCC(C(NO)C2CC([N+](=O)[O-])CCC2C(=O)O)CC1. The minimum Gasteiger partial charge on any atom is -0.481 e. The van der Waals surface area contributed by atoms with Gasteiger partial charge in [-0.15, -0.1) is 0 Å². The van der Waals surface area contributed by atoms with Gasteiger partial charge in [-0.25, -0.2) is 5.48 Å². The fourth-order valence-corrected chi connectivity index (χ4v) is 8.58. The van der Waals surface area contributed by atoms with E-state index in [1.54, 1.807) is 0 Å². The average molecular weight is 699 g/mol. The van der Waals surface area contributed by atoms with Crippen molar-refractivity contribution in [2.24, 2.45) is 35.0 Å². The molecule has 278 valence electrons. The van der Waals surface area contributed by atoms with Crippen molar-refractivity contribution in [2.45, 2.75) is 140 Å². The second kappa shape index (κ2) is 17.3. The Morgan fingerprint density at radius 3 is 1.71 bits per heavy atom. The van der Waals surface area contributed by atoms with Gasteiger partial charge in [0.1, 0.15) is 0 Å². The zero-order chi connectivity index (χ0) is 35.9. The highest BCUT2D eigenvalue weighted by Gasteiger charge is 2.47. The summed E-state index contributed by atoms with van der Waals surface area (Å²) >= 11 is 0. The van der Waals surface area contributed by atoms with E-state index in [9.17, 15) is 50.0 Å². The number of hydroxylamine groups is 1. The van der Waals surface area contributed by atoms with Crippen molar-refractivity contribution in [2.75, 3.05) is 13.2 Å². The summed E-state index contributed by atoms with van der Waals surface area (Å²) < 4.78 is 12.5. The number of nitrogens with zero attached hydrogens (tertiary/aromatic N) is 2. The third-order valence-electron chi connectivity index (χ3n) is 11.5. The molecule has 0 aromatic heterocycles. The minimum absolute atomic E-state index is 0.00703. The van der Waals surface area contributed by atoms with Crippen molar-refractivity contribution in [1.82, 2.24) is 10.8 Å². The van der Waals surface area contributed by atoms with Crippen LogP contribution in [-0.2, 0) is 23.9 Å². The van der Waals surface area contributed by atoms with Gasteiger partial charge in [-0.2, -0.15) is 0 Å². The van der Waals surface area contributed by atoms with Gasteiger partial charge in [-0.1, -0.05) is 13.8 Å². The molecule has 0 radical (unpaired) electrons. The number of hydrogen-bond acceptors (Lipinski definition) is 11. The standard InChI is InChI=1S/C33H54N4O12/c1-33(2,17-48-23-9-3-19(4-10-23)29(35-43)27-15-21(36(44)45)7-13-25(27)31(39)40)18-49-24-11-5-20(6-12-24)34-30(38)28-16-22(37(46)47)8-14-26(28)32(41)42/h19-29,35,43H,3-18H2,1-2H3,(H,34,38)(H,39,40)(H,41,42). The number of carboxylic acid groups (broad SMARTS) is 2. The monoisotopic (exact) mass is 698 g/mol. The number of carbonyl (C=O) groups is 3. The summed E-state index contributed by atoms with van der Waals surface area (Å²) in [6.07, 6.45) is 6.49. The number of nitro groups is 2. The first kappa shape index (κ1) is 38.8. The van der Waals surface area contributed by atoms with Crippen molar-refractivity contribution in [3.8, 4) is 0 Å². The fraction of sp³-hybridized carbons (Fsp3) is 0.909. The predicted octanol–water partition coefficient (Wildman–Crippen LogP) is 3.67. The van der Waals surface area contributed by atoms with Crippen molar-refractivity contribution in [1.29, 1.82) is 0 Å². The van der Waals surface area contributed by atoms with Gasteiger partial charge >= 0.3 is 11.9 Å². The Labute approximate surface area is 286 Å². The Morgan fingerprint density at radius 2 is 1.22 bits per heavy atom. The summed E-state index contributed by atoms with van der Waals surface area (Å²) in [5.41, 5.74) is 2.06. The van der Waals surface area contributed by atoms with E-state index in [0.717, 1.165) is 25.7 Å². The number of carboxylic acids is 2. The topological polar surface area (TPSA) is 241 Å². The van der Waals surface area contributed by atoms with Crippen molar-refractivity contribution >= 4 is 17.8 Å². The molecule has 16 nitrogen and oxygen atoms in total. The molecule has 7 unspecified atom stereocenters. The summed E-state index contributed by atoms with van der Waals surface area (Å²) in [4.78, 5) is 58.6. The number of nitrogens with one attached hydrogen (secondary N) is 2. The molecule has 5 N–H and O–H groups in total. The van der Waals surface area contributed by atoms with Crippen LogP contribution >= 0.6 is 0 Å². The molecular formula is C33H54N4O12. The first-order valence-electron chi connectivity index (χ1n) is 17.8. The van der Waals surface area contributed by atoms with Crippen LogP contribution in [0, 0.1) is 55.2 Å². The Morgan fingerprint density at radius 1 is 0.735 bits per heavy atom. The maximum absolute atomic E-state index is 13.0. The molecule has 1 amide bonds. The number of hydrogen-bond donors (Lipinski definition) is 5. The predicted molar refractivity (Wildman–Crippen MR) is 173 cm³/mol. The summed E-state index contributed by atoms with van der Waals surface area (Å²) in [5, 5.41) is 55.1. The lowest BCUT2D eigenvalue weighted by Gasteiger charge is -2.41. The minimum atomic E-state index is -1.09. The molecule has 0 aliphatic heterocycles. The van der Waals surface area contributed by atoms with Crippen molar-refractivity contribution in [3.63, 3.8) is 0 Å². The Kier molecular flexibility index (Phi) is 13.7. The van der Waals surface area contributed by atoms with Crippen LogP contribution in [-0.4, -0.2) is 92.7 Å². The third-order valence-corrected chi connectivity index (χ3v) is 11.5. The molecule has 0 spiro atoms. The van der Waals surface area contributed by atoms with Gasteiger partial charge in [0.2, 0.25) is 18.0 Å². The molecule has 4 rings (SSSR count). The molecule has 4 aliphatic rings. The maximum atomic E-state index is 13.0. The summed E-state index contributed by atoms with van der Waals surface area (Å²) in [7, 11) is 0. The molecular weight excluding hydrogens is 644 g/mol. The van der Waals surface area contributed by atoms with Gasteiger partial charge in [-0.3, -0.25) is 34.6 Å². The Bertz CT molecular complexity index is 1170. The highest BCUT2D eigenvalue weighted by molar-refractivity contribution is 5.85. The molecule has 49 heavy (non-hydrogen) atoms. The number of aliphatic carboxylic acids is 2. The van der Waals surface area contributed by atoms with Crippen LogP contribution in [0.4, 0.5) is 0 Å². The van der Waals surface area contributed by atoms with Gasteiger partial charge in [0.15, 0.2) is 0 Å².